The van der Waals surface area contributed by atoms with Gasteiger partial charge in [-0.15, -0.1) is 10.1 Å². The summed E-state index contributed by atoms with van der Waals surface area (Å²) in [5.41, 5.74) is 9.45. The van der Waals surface area contributed by atoms with Gasteiger partial charge in [0.25, 0.3) is 5.09 Å². The number of anilines is 1. The number of rotatable bonds is 7. The maximum Gasteiger partial charge on any atom is 0.294 e. The standard InChI is InChI=1S/C21H24ClN5O4/c1-3-16-11-17(23)12-18(22)20(16)24-21-25(2)8-9-26(21)19(28)10-14-4-6-15(7-5-14)13-31-27(29)30/h4-7,11-12H,3,8-10,13,23H2,1-2H3. The maximum absolute atomic E-state index is 13.0. The monoisotopic (exact) mass is 445 g/mol. The molecule has 2 aromatic carbocycles. The summed E-state index contributed by atoms with van der Waals surface area (Å²) in [6, 6.07) is 10.4. The molecule has 1 amide bonds. The first-order valence-corrected chi connectivity index (χ1v) is 10.2. The predicted molar refractivity (Wildman–Crippen MR) is 119 cm³/mol. The molecule has 1 fully saturated rings. The van der Waals surface area contributed by atoms with Crippen LogP contribution < -0.4 is 5.73 Å². The molecule has 1 heterocycles. The van der Waals surface area contributed by atoms with Crippen molar-refractivity contribution < 1.29 is 14.7 Å². The minimum absolute atomic E-state index is 0.0954. The molecule has 31 heavy (non-hydrogen) atoms. The molecule has 0 radical (unpaired) electrons. The third-order valence-corrected chi connectivity index (χ3v) is 5.30. The summed E-state index contributed by atoms with van der Waals surface area (Å²) in [6.07, 6.45) is 0.889. The second-order valence-electron chi connectivity index (χ2n) is 7.23. The van der Waals surface area contributed by atoms with Crippen LogP contribution in [0.1, 0.15) is 23.6 Å². The molecular formula is C21H24ClN5O4. The van der Waals surface area contributed by atoms with Crippen molar-refractivity contribution in [3.63, 3.8) is 0 Å². The van der Waals surface area contributed by atoms with Gasteiger partial charge in [0.2, 0.25) is 11.9 Å². The van der Waals surface area contributed by atoms with Crippen LogP contribution in [0.5, 0.6) is 0 Å². The Hall–Kier alpha value is -3.33. The number of likely N-dealkylation sites (N-methyl/N-ethyl adjacent to an activating group) is 1. The average molecular weight is 446 g/mol. The number of hydrogen-bond donors (Lipinski definition) is 1. The summed E-state index contributed by atoms with van der Waals surface area (Å²) in [5.74, 6) is 0.449. The molecule has 0 saturated carbocycles. The van der Waals surface area contributed by atoms with Crippen molar-refractivity contribution in [2.45, 2.75) is 26.4 Å². The highest BCUT2D eigenvalue weighted by molar-refractivity contribution is 6.33. The zero-order chi connectivity index (χ0) is 22.5. The third-order valence-electron chi connectivity index (χ3n) is 5.02. The largest absolute Gasteiger partial charge is 0.399 e. The first-order valence-electron chi connectivity index (χ1n) is 9.81. The summed E-state index contributed by atoms with van der Waals surface area (Å²) in [5, 5.41) is 9.92. The molecule has 0 unspecified atom stereocenters. The van der Waals surface area contributed by atoms with Gasteiger partial charge in [0.15, 0.2) is 0 Å². The van der Waals surface area contributed by atoms with E-state index in [0.29, 0.717) is 47.4 Å². The Morgan fingerprint density at radius 2 is 1.94 bits per heavy atom. The van der Waals surface area contributed by atoms with E-state index >= 15 is 0 Å². The van der Waals surface area contributed by atoms with Crippen molar-refractivity contribution >= 4 is 34.8 Å². The summed E-state index contributed by atoms with van der Waals surface area (Å²) in [4.78, 5) is 36.0. The van der Waals surface area contributed by atoms with Crippen molar-refractivity contribution in [3.8, 4) is 0 Å². The molecule has 3 rings (SSSR count). The number of aryl methyl sites for hydroxylation is 1. The number of nitrogens with zero attached hydrogens (tertiary/aromatic N) is 4. The van der Waals surface area contributed by atoms with Gasteiger partial charge < -0.3 is 15.5 Å². The van der Waals surface area contributed by atoms with Gasteiger partial charge in [-0.1, -0.05) is 42.8 Å². The number of carbonyl (C=O) groups is 1. The molecule has 0 aliphatic carbocycles. The van der Waals surface area contributed by atoms with Gasteiger partial charge in [-0.25, -0.2) is 4.99 Å². The van der Waals surface area contributed by atoms with Crippen molar-refractivity contribution in [1.82, 2.24) is 9.80 Å². The highest BCUT2D eigenvalue weighted by atomic mass is 35.5. The number of guanidine groups is 1. The van der Waals surface area contributed by atoms with Crippen LogP contribution in [0, 0.1) is 10.1 Å². The molecule has 9 nitrogen and oxygen atoms in total. The van der Waals surface area contributed by atoms with Crippen LogP contribution in [0.4, 0.5) is 11.4 Å². The first kappa shape index (κ1) is 22.4. The van der Waals surface area contributed by atoms with Crippen LogP contribution in [0.15, 0.2) is 41.4 Å². The summed E-state index contributed by atoms with van der Waals surface area (Å²) in [7, 11) is 1.88. The highest BCUT2D eigenvalue weighted by Gasteiger charge is 2.29. The van der Waals surface area contributed by atoms with Gasteiger partial charge in [0.05, 0.1) is 17.1 Å². The fourth-order valence-corrected chi connectivity index (χ4v) is 3.65. The van der Waals surface area contributed by atoms with Crippen molar-refractivity contribution in [2.24, 2.45) is 4.99 Å². The highest BCUT2D eigenvalue weighted by Crippen LogP contribution is 2.33. The van der Waals surface area contributed by atoms with Gasteiger partial charge in [-0.05, 0) is 35.2 Å². The summed E-state index contributed by atoms with van der Waals surface area (Å²) >= 11 is 6.40. The van der Waals surface area contributed by atoms with E-state index in [2.05, 4.69) is 4.84 Å². The molecule has 0 bridgehead atoms. The van der Waals surface area contributed by atoms with Crippen molar-refractivity contribution in [3.05, 3.63) is 68.2 Å². The molecule has 1 saturated heterocycles. The van der Waals surface area contributed by atoms with Crippen LogP contribution in [0.2, 0.25) is 5.02 Å². The lowest BCUT2D eigenvalue weighted by Crippen LogP contribution is -2.37. The first-order chi connectivity index (χ1) is 14.8. The molecular weight excluding hydrogens is 422 g/mol. The Kier molecular flexibility index (Phi) is 6.96. The lowest BCUT2D eigenvalue weighted by molar-refractivity contribution is -0.763. The normalized spacial score (nSPS) is 14.9. The van der Waals surface area contributed by atoms with Gasteiger partial charge in [0, 0.05) is 25.8 Å². The lowest BCUT2D eigenvalue weighted by atomic mass is 10.1. The number of amides is 1. The Bertz CT molecular complexity index is 1010. The van der Waals surface area contributed by atoms with Gasteiger partial charge >= 0.3 is 0 Å². The number of hydrogen-bond acceptors (Lipinski definition) is 6. The zero-order valence-corrected chi connectivity index (χ0v) is 18.1. The fourth-order valence-electron chi connectivity index (χ4n) is 3.36. The van der Waals surface area contributed by atoms with Gasteiger partial charge in [-0.3, -0.25) is 9.69 Å². The second kappa shape index (κ2) is 9.65. The fraction of sp³-hybridized carbons (Fsp3) is 0.333. The second-order valence-corrected chi connectivity index (χ2v) is 7.64. The number of nitrogen functional groups attached to an aromatic ring is 1. The van der Waals surface area contributed by atoms with Crippen LogP contribution in [-0.2, 0) is 29.1 Å². The maximum atomic E-state index is 13.0. The summed E-state index contributed by atoms with van der Waals surface area (Å²) in [6.45, 7) is 3.06. The SMILES string of the molecule is CCc1cc(N)cc(Cl)c1N=C1N(C)CCN1C(=O)Cc1ccc(CO[N+](=O)[O-])cc1. The Labute approximate surface area is 185 Å². The number of nitrogens with two attached hydrogens (primary N) is 1. The van der Waals surface area contributed by atoms with E-state index in [1.54, 1.807) is 35.2 Å². The number of aliphatic imine (C=N–C) groups is 1. The number of benzene rings is 2. The van der Waals surface area contributed by atoms with E-state index in [0.717, 1.165) is 11.1 Å². The minimum Gasteiger partial charge on any atom is -0.399 e. The predicted octanol–water partition coefficient (Wildman–Crippen LogP) is 3.20. The van der Waals surface area contributed by atoms with Crippen molar-refractivity contribution in [2.75, 3.05) is 25.9 Å². The van der Waals surface area contributed by atoms with E-state index < -0.39 is 5.09 Å². The van der Waals surface area contributed by atoms with Gasteiger partial charge in [-0.2, -0.15) is 0 Å². The Balaban J connectivity index is 1.78. The minimum atomic E-state index is -0.834. The van der Waals surface area contributed by atoms with Crippen LogP contribution in [0.3, 0.4) is 0 Å². The van der Waals surface area contributed by atoms with Crippen molar-refractivity contribution in [1.29, 1.82) is 0 Å². The van der Waals surface area contributed by atoms with Crippen LogP contribution >= 0.6 is 11.6 Å². The van der Waals surface area contributed by atoms with E-state index in [9.17, 15) is 14.9 Å². The molecule has 0 aromatic heterocycles. The Morgan fingerprint density at radius 3 is 2.58 bits per heavy atom. The van der Waals surface area contributed by atoms with E-state index in [-0.39, 0.29) is 18.9 Å². The molecule has 1 aliphatic heterocycles. The number of carbonyl (C=O) groups excluding carboxylic acids is 1. The lowest BCUT2D eigenvalue weighted by Gasteiger charge is -2.20. The topological polar surface area (TPSA) is 114 Å². The summed E-state index contributed by atoms with van der Waals surface area (Å²) < 4.78 is 0. The zero-order valence-electron chi connectivity index (χ0n) is 17.4. The molecule has 0 spiro atoms. The third kappa shape index (κ3) is 5.43. The average Bonchev–Trinajstić information content (AvgIpc) is 3.09. The number of halogens is 1. The van der Waals surface area contributed by atoms with Gasteiger partial charge in [0.1, 0.15) is 6.61 Å². The molecule has 2 aromatic rings. The molecule has 164 valence electrons. The van der Waals surface area contributed by atoms with E-state index in [4.69, 9.17) is 22.3 Å². The smallest absolute Gasteiger partial charge is 0.294 e. The van der Waals surface area contributed by atoms with Crippen LogP contribution in [0.25, 0.3) is 0 Å². The van der Waals surface area contributed by atoms with Crippen LogP contribution in [-0.4, -0.2) is 46.9 Å². The molecule has 10 heteroatoms. The van der Waals surface area contributed by atoms with E-state index in [1.807, 2.05) is 24.9 Å². The molecule has 0 atom stereocenters. The molecule has 2 N–H and O–H groups in total. The molecule has 1 aliphatic rings. The Morgan fingerprint density at radius 1 is 1.26 bits per heavy atom. The van der Waals surface area contributed by atoms with E-state index in [1.165, 1.54) is 0 Å². The quantitative estimate of drug-likeness (QED) is 0.397.